The number of benzene rings is 2. The molecule has 4 N–H and O–H groups in total. The number of halogens is 4. The van der Waals surface area contributed by atoms with Gasteiger partial charge in [-0.2, -0.15) is 0 Å². The molecule has 1 fully saturated rings. The number of ether oxygens (including phenoxy) is 3. The molecule has 2 amide bonds. The number of aliphatic hydroxyl groups is 1. The molecule has 2 aliphatic heterocycles. The number of hydrogen-bond donors (Lipinski definition) is 3. The number of nitrogens with two attached hydrogens (primary N) is 1. The van der Waals surface area contributed by atoms with Gasteiger partial charge in [-0.1, -0.05) is 0 Å². The van der Waals surface area contributed by atoms with Crippen molar-refractivity contribution in [2.75, 3.05) is 20.8 Å². The lowest BCUT2D eigenvalue weighted by atomic mass is 10.1. The second-order valence-electron chi connectivity index (χ2n) is 8.80. The average molecular weight is 607 g/mol. The second kappa shape index (κ2) is 11.7. The summed E-state index contributed by atoms with van der Waals surface area (Å²) < 4.78 is 101. The van der Waals surface area contributed by atoms with Crippen molar-refractivity contribution in [1.29, 1.82) is 0 Å². The number of carbonyl (C=O) groups excluding carboxylic acids is 1. The van der Waals surface area contributed by atoms with Crippen molar-refractivity contribution in [3.8, 4) is 23.0 Å². The van der Waals surface area contributed by atoms with E-state index in [4.69, 9.17) is 33.5 Å². The molecule has 2 aromatic rings. The molecule has 17 heteroatoms. The summed E-state index contributed by atoms with van der Waals surface area (Å²) in [5.74, 6) is -3.24. The maximum atomic E-state index is 15.0. The Balaban J connectivity index is 1.53. The first kappa shape index (κ1) is 30.4. The largest absolute Gasteiger partial charge is 0.587 e. The topological polar surface area (TPSA) is 151 Å². The van der Waals surface area contributed by atoms with Crippen LogP contribution in [0.15, 0.2) is 60.8 Å². The van der Waals surface area contributed by atoms with E-state index in [2.05, 4.69) is 0 Å². The Morgan fingerprint density at radius 3 is 1.95 bits per heavy atom. The van der Waals surface area contributed by atoms with Crippen molar-refractivity contribution in [2.24, 2.45) is 5.73 Å². The van der Waals surface area contributed by atoms with E-state index in [0.717, 1.165) is 0 Å². The Morgan fingerprint density at radius 2 is 1.51 bits per heavy atom. The molecule has 1 unspecified atom stereocenters. The van der Waals surface area contributed by atoms with Crippen LogP contribution in [0.5, 0.6) is 23.0 Å². The molecule has 224 valence electrons. The summed E-state index contributed by atoms with van der Waals surface area (Å²) in [6.07, 6.45) is -8.81. The smallest absolute Gasteiger partial charge is 0.497 e. The number of carbonyl (C=O) groups is 1. The first-order valence-electron chi connectivity index (χ1n) is 11.8. The zero-order valence-corrected chi connectivity index (χ0v) is 22.4. The van der Waals surface area contributed by atoms with Crippen LogP contribution in [0.3, 0.4) is 0 Å². The normalized spacial score (nSPS) is 25.6. The highest BCUT2D eigenvalue weighted by molar-refractivity contribution is 7.49. The number of methoxy groups -OCH3 is 2. The van der Waals surface area contributed by atoms with Crippen molar-refractivity contribution in [3.05, 3.63) is 60.8 Å². The molecule has 1 saturated heterocycles. The molecular weight excluding hydrogens is 581 g/mol. The molecule has 4 atom stereocenters. The standard InChI is InChI=1S/C24H26F4N3O9P/c1-35-14-3-7-16(8-4-14)39-41(34,40-17-9-5-15(36-2)6-10-17)37-13-18-24(27,28)19(32)20(38-18)31-12-11-23(29,21(25)26)30-22(31)33/h3-12,18-21,32H,13,29H2,1-2H3,(H,30,33)/t18-,19+,20-,23?/m1/s1. The highest BCUT2D eigenvalue weighted by Crippen LogP contribution is 2.51. The van der Waals surface area contributed by atoms with Gasteiger partial charge >= 0.3 is 19.8 Å². The number of phosphoric ester groups is 1. The molecule has 0 aliphatic carbocycles. The van der Waals surface area contributed by atoms with Crippen LogP contribution in [0.1, 0.15) is 0 Å². The predicted octanol–water partition coefficient (Wildman–Crippen LogP) is 3.47. The third-order valence-corrected chi connectivity index (χ3v) is 7.37. The van der Waals surface area contributed by atoms with Crippen LogP contribution in [0.2, 0.25) is 0 Å². The summed E-state index contributed by atoms with van der Waals surface area (Å²) in [5.41, 5.74) is 2.83. The van der Waals surface area contributed by atoms with Gasteiger partial charge in [0.1, 0.15) is 23.0 Å². The quantitative estimate of drug-likeness (QED) is 0.256. The Kier molecular flexibility index (Phi) is 8.70. The molecule has 2 heterocycles. The number of nitrogens with zero attached hydrogens (tertiary/aromatic N) is 1. The van der Waals surface area contributed by atoms with Gasteiger partial charge in [0, 0.05) is 6.20 Å². The van der Waals surface area contributed by atoms with Crippen LogP contribution in [0, 0.1) is 0 Å². The van der Waals surface area contributed by atoms with Crippen molar-refractivity contribution in [3.63, 3.8) is 0 Å². The van der Waals surface area contributed by atoms with Gasteiger partial charge in [0.05, 0.1) is 20.8 Å². The average Bonchev–Trinajstić information content (AvgIpc) is 3.16. The van der Waals surface area contributed by atoms with Gasteiger partial charge in [0.25, 0.3) is 6.43 Å². The molecule has 2 aromatic carbocycles. The SMILES string of the molecule is COc1ccc(OP(=O)(OC[C@H]2O[C@@H](N3C=CC(N)(C(F)F)NC3=O)[C@H](O)C2(F)F)Oc2ccc(OC)cc2)cc1. The molecule has 4 rings (SSSR count). The number of aliphatic hydroxyl groups excluding tert-OH is 1. The summed E-state index contributed by atoms with van der Waals surface area (Å²) >= 11 is 0. The number of amides is 2. The van der Waals surface area contributed by atoms with Crippen molar-refractivity contribution >= 4 is 13.9 Å². The van der Waals surface area contributed by atoms with Crippen LogP contribution in [-0.4, -0.2) is 73.3 Å². The summed E-state index contributed by atoms with van der Waals surface area (Å²) in [5, 5.41) is 12.0. The molecule has 0 radical (unpaired) electrons. The van der Waals surface area contributed by atoms with Crippen LogP contribution in [-0.2, 0) is 13.8 Å². The van der Waals surface area contributed by atoms with Gasteiger partial charge in [-0.25, -0.2) is 26.9 Å². The first-order chi connectivity index (χ1) is 19.3. The molecule has 0 spiro atoms. The van der Waals surface area contributed by atoms with Gasteiger partial charge in [0.2, 0.25) is 0 Å². The van der Waals surface area contributed by atoms with Crippen molar-refractivity contribution in [1.82, 2.24) is 10.2 Å². The Bertz CT molecular complexity index is 1250. The highest BCUT2D eigenvalue weighted by Gasteiger charge is 2.61. The molecule has 12 nitrogen and oxygen atoms in total. The number of hydrogen-bond acceptors (Lipinski definition) is 10. The fourth-order valence-corrected chi connectivity index (χ4v) is 4.95. The Morgan fingerprint density at radius 1 is 1.02 bits per heavy atom. The van der Waals surface area contributed by atoms with E-state index in [1.54, 1.807) is 5.32 Å². The van der Waals surface area contributed by atoms with Gasteiger partial charge in [-0.05, 0) is 54.6 Å². The highest BCUT2D eigenvalue weighted by atomic mass is 31.2. The number of phosphoric acid groups is 1. The minimum absolute atomic E-state index is 0.0286. The van der Waals surface area contributed by atoms with E-state index >= 15 is 8.78 Å². The maximum Gasteiger partial charge on any atom is 0.587 e. The van der Waals surface area contributed by atoms with E-state index in [-0.39, 0.29) is 11.5 Å². The van der Waals surface area contributed by atoms with Crippen LogP contribution in [0.4, 0.5) is 22.4 Å². The van der Waals surface area contributed by atoms with Gasteiger partial charge in [-0.15, -0.1) is 0 Å². The number of nitrogens with one attached hydrogen (secondary N) is 1. The third kappa shape index (κ3) is 6.52. The number of rotatable bonds is 11. The molecular formula is C24H26F4N3O9P. The van der Waals surface area contributed by atoms with E-state index in [1.165, 1.54) is 62.8 Å². The zero-order chi connectivity index (χ0) is 30.0. The summed E-state index contributed by atoms with van der Waals surface area (Å²) in [7, 11) is -1.86. The minimum atomic E-state index is -4.71. The first-order valence-corrected chi connectivity index (χ1v) is 13.3. The molecule has 0 saturated carbocycles. The summed E-state index contributed by atoms with van der Waals surface area (Å²) in [6.45, 7) is -1.15. The molecule has 41 heavy (non-hydrogen) atoms. The van der Waals surface area contributed by atoms with E-state index in [0.29, 0.717) is 28.7 Å². The molecule has 0 aromatic heterocycles. The van der Waals surface area contributed by atoms with Crippen LogP contribution >= 0.6 is 7.82 Å². The Labute approximate surface area is 231 Å². The molecule has 0 bridgehead atoms. The van der Waals surface area contributed by atoms with Gasteiger partial charge in [0.15, 0.2) is 24.1 Å². The number of urea groups is 1. The monoisotopic (exact) mass is 607 g/mol. The van der Waals surface area contributed by atoms with Crippen molar-refractivity contribution < 1.29 is 59.8 Å². The van der Waals surface area contributed by atoms with Crippen molar-refractivity contribution in [2.45, 2.75) is 36.4 Å². The van der Waals surface area contributed by atoms with Crippen LogP contribution < -0.4 is 29.6 Å². The second-order valence-corrected chi connectivity index (χ2v) is 10.3. The lowest BCUT2D eigenvalue weighted by molar-refractivity contribution is -0.122. The predicted molar refractivity (Wildman–Crippen MR) is 133 cm³/mol. The summed E-state index contributed by atoms with van der Waals surface area (Å²) in [6, 6.07) is 10.0. The fourth-order valence-electron chi connectivity index (χ4n) is 3.73. The maximum absolute atomic E-state index is 15.0. The number of alkyl halides is 4. The minimum Gasteiger partial charge on any atom is -0.497 e. The zero-order valence-electron chi connectivity index (χ0n) is 21.5. The fraction of sp³-hybridized carbons (Fsp3) is 0.375. The summed E-state index contributed by atoms with van der Waals surface area (Å²) in [4.78, 5) is 12.8. The third-order valence-electron chi connectivity index (χ3n) is 6.04. The Hall–Kier alpha value is -3.56. The van der Waals surface area contributed by atoms with Gasteiger partial charge in [-0.3, -0.25) is 9.42 Å². The van der Waals surface area contributed by atoms with Gasteiger partial charge < -0.3 is 39.4 Å². The molecule has 2 aliphatic rings. The van der Waals surface area contributed by atoms with E-state index in [9.17, 15) is 23.2 Å². The lowest BCUT2D eigenvalue weighted by Crippen LogP contribution is -2.66. The lowest BCUT2D eigenvalue weighted by Gasteiger charge is -2.36. The van der Waals surface area contributed by atoms with E-state index < -0.39 is 56.9 Å². The van der Waals surface area contributed by atoms with Crippen LogP contribution in [0.25, 0.3) is 0 Å². The van der Waals surface area contributed by atoms with E-state index in [1.807, 2.05) is 0 Å².